The molecule has 9 nitrogen and oxygen atoms in total. The van der Waals surface area contributed by atoms with Gasteiger partial charge in [-0.25, -0.2) is 26.8 Å². The van der Waals surface area contributed by atoms with Gasteiger partial charge in [-0.3, -0.25) is 13.4 Å². The topological polar surface area (TPSA) is 124 Å². The Kier molecular flexibility index (Phi) is 3.97. The number of hydrogen-bond donors (Lipinski definition) is 1. The van der Waals surface area contributed by atoms with Crippen LogP contribution in [-0.2, 0) is 40.6 Å². The second-order valence-corrected chi connectivity index (χ2v) is 10.1. The molecular formula is C17H18N4O5S2. The molecule has 1 aliphatic heterocycles. The SMILES string of the molecule is Cn1c(=O)n(C)c2cc(S(=O)(=O)N3CCc4cc(S(N)(=O)=O)ccc43)ccc21. The summed E-state index contributed by atoms with van der Waals surface area (Å²) in [6, 6.07) is 8.70. The molecule has 0 amide bonds. The number of primary sulfonamides is 1. The number of imidazole rings is 1. The van der Waals surface area contributed by atoms with Crippen LogP contribution in [0.15, 0.2) is 51.0 Å². The smallest absolute Gasteiger partial charge is 0.295 e. The highest BCUT2D eigenvalue weighted by atomic mass is 32.2. The minimum absolute atomic E-state index is 0.0498. The molecule has 1 aliphatic rings. The van der Waals surface area contributed by atoms with Crippen molar-refractivity contribution in [3.63, 3.8) is 0 Å². The number of hydrogen-bond acceptors (Lipinski definition) is 5. The maximum absolute atomic E-state index is 13.2. The summed E-state index contributed by atoms with van der Waals surface area (Å²) in [7, 11) is -4.54. The summed E-state index contributed by atoms with van der Waals surface area (Å²) in [5, 5.41) is 5.15. The van der Waals surface area contributed by atoms with Gasteiger partial charge in [0.2, 0.25) is 10.0 Å². The molecule has 0 saturated heterocycles. The number of sulfonamides is 2. The molecule has 0 radical (unpaired) electrons. The van der Waals surface area contributed by atoms with E-state index in [9.17, 15) is 21.6 Å². The third kappa shape index (κ3) is 2.65. The molecule has 148 valence electrons. The molecule has 2 aromatic carbocycles. The summed E-state index contributed by atoms with van der Waals surface area (Å²) >= 11 is 0. The van der Waals surface area contributed by atoms with Crippen molar-refractivity contribution in [1.82, 2.24) is 9.13 Å². The van der Waals surface area contributed by atoms with E-state index in [-0.39, 0.29) is 22.0 Å². The van der Waals surface area contributed by atoms with Gasteiger partial charge in [0.1, 0.15) is 0 Å². The van der Waals surface area contributed by atoms with Gasteiger partial charge in [-0.15, -0.1) is 0 Å². The van der Waals surface area contributed by atoms with Crippen molar-refractivity contribution in [3.8, 4) is 0 Å². The Morgan fingerprint density at radius 2 is 1.54 bits per heavy atom. The zero-order valence-corrected chi connectivity index (χ0v) is 16.8. The molecule has 0 bridgehead atoms. The van der Waals surface area contributed by atoms with E-state index in [0.29, 0.717) is 28.7 Å². The van der Waals surface area contributed by atoms with Crippen molar-refractivity contribution in [1.29, 1.82) is 0 Å². The first kappa shape index (κ1) is 18.7. The second kappa shape index (κ2) is 5.93. The minimum atomic E-state index is -3.88. The zero-order chi connectivity index (χ0) is 20.4. The lowest BCUT2D eigenvalue weighted by Crippen LogP contribution is -2.29. The molecule has 11 heteroatoms. The van der Waals surface area contributed by atoms with Gasteiger partial charge in [0.15, 0.2) is 0 Å². The van der Waals surface area contributed by atoms with E-state index in [2.05, 4.69) is 0 Å². The third-order valence-electron chi connectivity index (χ3n) is 5.06. The standard InChI is InChI=1S/C17H18N4O5S2/c1-19-15-6-4-13(10-16(15)20(2)17(19)22)28(25,26)21-8-7-11-9-12(27(18,23)24)3-5-14(11)21/h3-6,9-10H,7-8H2,1-2H3,(H2,18,23,24). The van der Waals surface area contributed by atoms with Crippen LogP contribution in [0.4, 0.5) is 5.69 Å². The molecule has 0 aliphatic carbocycles. The van der Waals surface area contributed by atoms with E-state index in [4.69, 9.17) is 5.14 Å². The van der Waals surface area contributed by atoms with Gasteiger partial charge < -0.3 is 0 Å². The molecule has 1 aromatic heterocycles. The van der Waals surface area contributed by atoms with E-state index in [0.717, 1.165) is 0 Å². The van der Waals surface area contributed by atoms with Crippen molar-refractivity contribution in [2.75, 3.05) is 10.8 Å². The highest BCUT2D eigenvalue weighted by Crippen LogP contribution is 2.34. The molecule has 4 rings (SSSR count). The molecule has 0 saturated carbocycles. The van der Waals surface area contributed by atoms with Crippen LogP contribution in [0.5, 0.6) is 0 Å². The fraction of sp³-hybridized carbons (Fsp3) is 0.235. The monoisotopic (exact) mass is 422 g/mol. The predicted octanol–water partition coefficient (Wildman–Crippen LogP) is 0.276. The summed E-state index contributed by atoms with van der Waals surface area (Å²) in [6.45, 7) is 0.192. The van der Waals surface area contributed by atoms with Crippen molar-refractivity contribution >= 4 is 36.8 Å². The van der Waals surface area contributed by atoms with Crippen molar-refractivity contribution in [2.45, 2.75) is 16.2 Å². The van der Waals surface area contributed by atoms with Crippen LogP contribution in [0.3, 0.4) is 0 Å². The molecule has 2 heterocycles. The third-order valence-corrected chi connectivity index (χ3v) is 7.78. The van der Waals surface area contributed by atoms with Gasteiger partial charge in [0.05, 0.1) is 26.5 Å². The molecule has 3 aromatic rings. The Labute approximate surface area is 161 Å². The second-order valence-electron chi connectivity index (χ2n) is 6.71. The Balaban J connectivity index is 1.82. The number of rotatable bonds is 3. The quantitative estimate of drug-likeness (QED) is 0.649. The summed E-state index contributed by atoms with van der Waals surface area (Å²) in [5.41, 5.74) is 1.92. The summed E-state index contributed by atoms with van der Waals surface area (Å²) in [6.07, 6.45) is 0.379. The number of benzene rings is 2. The Morgan fingerprint density at radius 1 is 0.893 bits per heavy atom. The van der Waals surface area contributed by atoms with Crippen LogP contribution in [0.25, 0.3) is 11.0 Å². The lowest BCUT2D eigenvalue weighted by Gasteiger charge is -2.20. The number of fused-ring (bicyclic) bond motifs is 2. The average molecular weight is 422 g/mol. The molecule has 0 unspecified atom stereocenters. The number of nitrogens with zero attached hydrogens (tertiary/aromatic N) is 3. The van der Waals surface area contributed by atoms with Gasteiger partial charge in [0.25, 0.3) is 10.0 Å². The van der Waals surface area contributed by atoms with Gasteiger partial charge >= 0.3 is 5.69 Å². The van der Waals surface area contributed by atoms with Gasteiger partial charge in [-0.2, -0.15) is 0 Å². The number of aromatic nitrogens is 2. The van der Waals surface area contributed by atoms with E-state index in [1.54, 1.807) is 20.2 Å². The fourth-order valence-corrected chi connectivity index (χ4v) is 5.64. The van der Waals surface area contributed by atoms with Crippen LogP contribution < -0.4 is 15.1 Å². The molecule has 0 atom stereocenters. The maximum atomic E-state index is 13.2. The van der Waals surface area contributed by atoms with Gasteiger partial charge in [0, 0.05) is 20.6 Å². The molecule has 0 spiro atoms. The van der Waals surface area contributed by atoms with Crippen molar-refractivity contribution < 1.29 is 16.8 Å². The van der Waals surface area contributed by atoms with Crippen LogP contribution in [-0.4, -0.2) is 32.5 Å². The normalized spacial score (nSPS) is 14.6. The highest BCUT2D eigenvalue weighted by Gasteiger charge is 2.32. The summed E-state index contributed by atoms with van der Waals surface area (Å²) < 4.78 is 53.6. The predicted molar refractivity (Wildman–Crippen MR) is 104 cm³/mol. The van der Waals surface area contributed by atoms with Crippen LogP contribution in [0, 0.1) is 0 Å². The van der Waals surface area contributed by atoms with Crippen molar-refractivity contribution in [3.05, 3.63) is 52.4 Å². The van der Waals surface area contributed by atoms with E-state index in [1.165, 1.54) is 43.8 Å². The fourth-order valence-electron chi connectivity index (χ4n) is 3.55. The number of aryl methyl sites for hydroxylation is 2. The summed E-state index contributed by atoms with van der Waals surface area (Å²) in [4.78, 5) is 12.1. The molecule has 28 heavy (non-hydrogen) atoms. The lowest BCUT2D eigenvalue weighted by atomic mass is 10.2. The van der Waals surface area contributed by atoms with E-state index < -0.39 is 20.0 Å². The average Bonchev–Trinajstić information content (AvgIpc) is 3.16. The van der Waals surface area contributed by atoms with E-state index in [1.807, 2.05) is 0 Å². The molecule has 2 N–H and O–H groups in total. The van der Waals surface area contributed by atoms with Gasteiger partial charge in [-0.1, -0.05) is 0 Å². The van der Waals surface area contributed by atoms with Crippen LogP contribution in [0.1, 0.15) is 5.56 Å². The number of nitrogens with two attached hydrogens (primary N) is 1. The van der Waals surface area contributed by atoms with Crippen LogP contribution >= 0.6 is 0 Å². The molecular weight excluding hydrogens is 404 g/mol. The maximum Gasteiger partial charge on any atom is 0.328 e. The van der Waals surface area contributed by atoms with Crippen LogP contribution in [0.2, 0.25) is 0 Å². The minimum Gasteiger partial charge on any atom is -0.295 e. The van der Waals surface area contributed by atoms with Crippen molar-refractivity contribution in [2.24, 2.45) is 19.2 Å². The lowest BCUT2D eigenvalue weighted by molar-refractivity contribution is 0.592. The summed E-state index contributed by atoms with van der Waals surface area (Å²) in [5.74, 6) is 0. The first-order chi connectivity index (χ1) is 13.0. The molecule has 0 fully saturated rings. The highest BCUT2D eigenvalue weighted by molar-refractivity contribution is 7.92. The Hall–Kier alpha value is -2.63. The zero-order valence-electron chi connectivity index (χ0n) is 15.2. The first-order valence-corrected chi connectivity index (χ1v) is 11.3. The van der Waals surface area contributed by atoms with Gasteiger partial charge in [-0.05, 0) is 48.4 Å². The number of anilines is 1. The Morgan fingerprint density at radius 3 is 2.21 bits per heavy atom. The largest absolute Gasteiger partial charge is 0.328 e. The Bertz CT molecular complexity index is 1400. The van der Waals surface area contributed by atoms with E-state index >= 15 is 0 Å². The first-order valence-electron chi connectivity index (χ1n) is 8.36.